The molecule has 92 valence electrons. The third-order valence-corrected chi connectivity index (χ3v) is 3.65. The minimum absolute atomic E-state index is 0.0649. The summed E-state index contributed by atoms with van der Waals surface area (Å²) in [4.78, 5) is 0. The van der Waals surface area contributed by atoms with Crippen LogP contribution in [0.3, 0.4) is 0 Å². The van der Waals surface area contributed by atoms with E-state index >= 15 is 0 Å². The van der Waals surface area contributed by atoms with Crippen molar-refractivity contribution in [1.82, 2.24) is 20.0 Å². The fourth-order valence-corrected chi connectivity index (χ4v) is 2.55. The summed E-state index contributed by atoms with van der Waals surface area (Å²) >= 11 is 0. The van der Waals surface area contributed by atoms with Crippen molar-refractivity contribution in [3.05, 3.63) is 24.0 Å². The molecular weight excluding hydrogens is 244 g/mol. The Bertz CT molecular complexity index is 614. The van der Waals surface area contributed by atoms with Crippen molar-refractivity contribution < 1.29 is 8.42 Å². The SMILES string of the molecule is Cn1nccc1S(=O)(=O)Nc1[nH]ncc1CN. The number of anilines is 1. The molecule has 2 heterocycles. The lowest BCUT2D eigenvalue weighted by Gasteiger charge is -2.07. The van der Waals surface area contributed by atoms with Crippen LogP contribution >= 0.6 is 0 Å². The first-order chi connectivity index (χ1) is 8.04. The number of aromatic amines is 1. The standard InChI is InChI=1S/C8H12N6O2S/c1-14-7(2-3-11-14)17(15,16)13-8-6(4-9)5-10-12-8/h2-3,5H,4,9H2,1H3,(H2,10,12,13). The normalized spacial score (nSPS) is 11.6. The number of hydrogen-bond donors (Lipinski definition) is 3. The molecule has 0 saturated heterocycles. The van der Waals surface area contributed by atoms with Gasteiger partial charge in [0, 0.05) is 19.2 Å². The van der Waals surface area contributed by atoms with Crippen LogP contribution in [-0.4, -0.2) is 28.4 Å². The molecule has 9 heteroatoms. The highest BCUT2D eigenvalue weighted by molar-refractivity contribution is 7.92. The highest BCUT2D eigenvalue weighted by Gasteiger charge is 2.19. The Kier molecular flexibility index (Phi) is 2.86. The molecule has 8 nitrogen and oxygen atoms in total. The molecule has 0 aromatic carbocycles. The van der Waals surface area contributed by atoms with Crippen LogP contribution in [0.15, 0.2) is 23.5 Å². The molecule has 0 fully saturated rings. The molecule has 0 atom stereocenters. The molecule has 2 aromatic rings. The maximum atomic E-state index is 12.0. The van der Waals surface area contributed by atoms with Crippen LogP contribution in [0.1, 0.15) is 5.56 Å². The topological polar surface area (TPSA) is 119 Å². The van der Waals surface area contributed by atoms with Crippen LogP contribution < -0.4 is 10.5 Å². The summed E-state index contributed by atoms with van der Waals surface area (Å²) in [6, 6.07) is 1.40. The van der Waals surface area contributed by atoms with E-state index in [0.29, 0.717) is 5.56 Å². The first kappa shape index (κ1) is 11.6. The number of sulfonamides is 1. The van der Waals surface area contributed by atoms with E-state index in [2.05, 4.69) is 20.0 Å². The highest BCUT2D eigenvalue weighted by atomic mass is 32.2. The minimum atomic E-state index is -3.68. The Balaban J connectivity index is 2.33. The van der Waals surface area contributed by atoms with Crippen LogP contribution in [0, 0.1) is 0 Å². The van der Waals surface area contributed by atoms with Gasteiger partial charge < -0.3 is 5.73 Å². The van der Waals surface area contributed by atoms with E-state index in [4.69, 9.17) is 5.73 Å². The fraction of sp³-hybridized carbons (Fsp3) is 0.250. The molecule has 0 spiro atoms. The van der Waals surface area contributed by atoms with Crippen molar-refractivity contribution in [3.8, 4) is 0 Å². The highest BCUT2D eigenvalue weighted by Crippen LogP contribution is 2.16. The summed E-state index contributed by atoms with van der Waals surface area (Å²) in [6.07, 6.45) is 2.88. The lowest BCUT2D eigenvalue weighted by molar-refractivity contribution is 0.582. The Morgan fingerprint density at radius 1 is 1.59 bits per heavy atom. The number of aryl methyl sites for hydroxylation is 1. The number of nitrogens with one attached hydrogen (secondary N) is 2. The molecule has 0 aliphatic rings. The molecule has 17 heavy (non-hydrogen) atoms. The molecular formula is C8H12N6O2S. The second kappa shape index (κ2) is 4.18. The van der Waals surface area contributed by atoms with Crippen LogP contribution in [0.4, 0.5) is 5.82 Å². The number of nitrogens with zero attached hydrogens (tertiary/aromatic N) is 3. The summed E-state index contributed by atoms with van der Waals surface area (Å²) in [6.45, 7) is 0.194. The van der Waals surface area contributed by atoms with Gasteiger partial charge in [-0.05, 0) is 6.07 Å². The summed E-state index contributed by atoms with van der Waals surface area (Å²) in [5.41, 5.74) is 6.04. The number of rotatable bonds is 4. The smallest absolute Gasteiger partial charge is 0.280 e. The Morgan fingerprint density at radius 2 is 2.35 bits per heavy atom. The zero-order valence-corrected chi connectivity index (χ0v) is 9.90. The predicted octanol–water partition coefficient (Wildman–Crippen LogP) is -0.597. The molecule has 0 aliphatic heterocycles. The van der Waals surface area contributed by atoms with Gasteiger partial charge in [-0.3, -0.25) is 14.5 Å². The molecule has 4 N–H and O–H groups in total. The Morgan fingerprint density at radius 3 is 2.94 bits per heavy atom. The molecule has 2 aromatic heterocycles. The van der Waals surface area contributed by atoms with E-state index in [1.54, 1.807) is 7.05 Å². The Hall–Kier alpha value is -1.87. The monoisotopic (exact) mass is 256 g/mol. The third kappa shape index (κ3) is 2.15. The van der Waals surface area contributed by atoms with Crippen LogP contribution in [0.25, 0.3) is 0 Å². The van der Waals surface area contributed by atoms with Gasteiger partial charge in [0.25, 0.3) is 10.0 Å². The van der Waals surface area contributed by atoms with Gasteiger partial charge in [-0.15, -0.1) is 0 Å². The zero-order chi connectivity index (χ0) is 12.5. The largest absolute Gasteiger partial charge is 0.326 e. The molecule has 0 amide bonds. The molecule has 0 unspecified atom stereocenters. The quantitative estimate of drug-likeness (QED) is 0.675. The van der Waals surface area contributed by atoms with Gasteiger partial charge in [-0.1, -0.05) is 0 Å². The zero-order valence-electron chi connectivity index (χ0n) is 9.08. The average Bonchev–Trinajstić information content (AvgIpc) is 2.86. The number of hydrogen-bond acceptors (Lipinski definition) is 5. The number of nitrogens with two attached hydrogens (primary N) is 1. The van der Waals surface area contributed by atoms with Crippen molar-refractivity contribution in [2.24, 2.45) is 12.8 Å². The molecule has 2 rings (SSSR count). The maximum absolute atomic E-state index is 12.0. The van der Waals surface area contributed by atoms with E-state index in [1.165, 1.54) is 23.1 Å². The van der Waals surface area contributed by atoms with Gasteiger partial charge in [-0.2, -0.15) is 18.6 Å². The molecule has 0 aliphatic carbocycles. The summed E-state index contributed by atoms with van der Waals surface area (Å²) in [5.74, 6) is 0.272. The second-order valence-corrected chi connectivity index (χ2v) is 5.00. The van der Waals surface area contributed by atoms with Crippen molar-refractivity contribution >= 4 is 15.8 Å². The first-order valence-corrected chi connectivity index (χ1v) is 6.26. The van der Waals surface area contributed by atoms with E-state index in [1.807, 2.05) is 0 Å². The fourth-order valence-electron chi connectivity index (χ4n) is 1.37. The van der Waals surface area contributed by atoms with Gasteiger partial charge >= 0.3 is 0 Å². The summed E-state index contributed by atoms with van der Waals surface area (Å²) in [5, 5.41) is 10.1. The van der Waals surface area contributed by atoms with Gasteiger partial charge in [0.05, 0.1) is 12.4 Å². The van der Waals surface area contributed by atoms with Crippen LogP contribution in [0.5, 0.6) is 0 Å². The minimum Gasteiger partial charge on any atom is -0.326 e. The van der Waals surface area contributed by atoms with E-state index < -0.39 is 10.0 Å². The van der Waals surface area contributed by atoms with Gasteiger partial charge in [-0.25, -0.2) is 0 Å². The van der Waals surface area contributed by atoms with E-state index in [-0.39, 0.29) is 17.4 Å². The van der Waals surface area contributed by atoms with Crippen molar-refractivity contribution in [3.63, 3.8) is 0 Å². The van der Waals surface area contributed by atoms with Gasteiger partial charge in [0.1, 0.15) is 5.82 Å². The Labute approximate surface area is 97.9 Å². The lowest BCUT2D eigenvalue weighted by Crippen LogP contribution is -2.18. The summed E-state index contributed by atoms with van der Waals surface area (Å²) in [7, 11) is -2.13. The van der Waals surface area contributed by atoms with Crippen molar-refractivity contribution in [2.45, 2.75) is 11.6 Å². The molecule has 0 radical (unpaired) electrons. The summed E-state index contributed by atoms with van der Waals surface area (Å²) < 4.78 is 27.6. The lowest BCUT2D eigenvalue weighted by atomic mass is 10.3. The molecule has 0 bridgehead atoms. The van der Waals surface area contributed by atoms with Gasteiger partial charge in [0.2, 0.25) is 0 Å². The van der Waals surface area contributed by atoms with E-state index in [9.17, 15) is 8.42 Å². The van der Waals surface area contributed by atoms with Crippen LogP contribution in [0.2, 0.25) is 0 Å². The second-order valence-electron chi connectivity index (χ2n) is 3.37. The van der Waals surface area contributed by atoms with Crippen molar-refractivity contribution in [2.75, 3.05) is 4.72 Å². The van der Waals surface area contributed by atoms with Crippen molar-refractivity contribution in [1.29, 1.82) is 0 Å². The number of aromatic nitrogens is 4. The van der Waals surface area contributed by atoms with Crippen LogP contribution in [-0.2, 0) is 23.6 Å². The van der Waals surface area contributed by atoms with Gasteiger partial charge in [0.15, 0.2) is 5.03 Å². The first-order valence-electron chi connectivity index (χ1n) is 4.77. The van der Waals surface area contributed by atoms with E-state index in [0.717, 1.165) is 0 Å². The number of H-pyrrole nitrogens is 1. The third-order valence-electron chi connectivity index (χ3n) is 2.23. The predicted molar refractivity (Wildman–Crippen MR) is 60.5 cm³/mol. The average molecular weight is 256 g/mol. The molecule has 0 saturated carbocycles. The maximum Gasteiger partial charge on any atom is 0.280 e.